The fraction of sp³-hybridized carbons (Fsp3) is 0.750. The largest absolute Gasteiger partial charge is 0.378 e. The van der Waals surface area contributed by atoms with E-state index in [1.54, 1.807) is 7.11 Å². The fourth-order valence-corrected chi connectivity index (χ4v) is 2.93. The Kier molecular flexibility index (Phi) is 2.26. The lowest BCUT2D eigenvalue weighted by Gasteiger charge is -2.48. The van der Waals surface area contributed by atoms with Gasteiger partial charge in [0.15, 0.2) is 0 Å². The van der Waals surface area contributed by atoms with Crippen molar-refractivity contribution < 1.29 is 9.53 Å². The topological polar surface area (TPSA) is 26.3 Å². The van der Waals surface area contributed by atoms with Gasteiger partial charge in [-0.1, -0.05) is 11.6 Å². The lowest BCUT2D eigenvalue weighted by molar-refractivity contribution is -0.141. The summed E-state index contributed by atoms with van der Waals surface area (Å²) in [6.07, 6.45) is 4.62. The predicted octanol–water partition coefficient (Wildman–Crippen LogP) is 2.34. The summed E-state index contributed by atoms with van der Waals surface area (Å²) in [7, 11) is 1.77. The molecule has 1 saturated carbocycles. The Morgan fingerprint density at radius 1 is 1.43 bits per heavy atom. The Labute approximate surface area is 85.3 Å². The molecule has 0 spiro atoms. The lowest BCUT2D eigenvalue weighted by Crippen LogP contribution is -2.50. The minimum Gasteiger partial charge on any atom is -0.378 e. The van der Waals surface area contributed by atoms with Gasteiger partial charge in [0, 0.05) is 25.9 Å². The molecule has 2 bridgehead atoms. The van der Waals surface area contributed by atoms with Gasteiger partial charge in [-0.2, -0.15) is 0 Å². The molecule has 2 heteroatoms. The van der Waals surface area contributed by atoms with Gasteiger partial charge in [-0.05, 0) is 26.2 Å². The summed E-state index contributed by atoms with van der Waals surface area (Å²) >= 11 is 0. The molecule has 0 heterocycles. The maximum Gasteiger partial charge on any atom is 0.134 e. The SMILES string of the molecule is COC1(C)C2C=C(C)CC1CC(=O)C2. The number of Topliss-reactive ketones (excluding diaryl/α,β-unsaturated/α-hetero) is 1. The lowest BCUT2D eigenvalue weighted by atomic mass is 9.63. The Balaban J connectivity index is 2.36. The van der Waals surface area contributed by atoms with Gasteiger partial charge in [0.1, 0.15) is 5.78 Å². The van der Waals surface area contributed by atoms with E-state index in [0.717, 1.165) is 6.42 Å². The number of rotatable bonds is 1. The zero-order valence-corrected chi connectivity index (χ0v) is 9.17. The molecule has 0 aliphatic heterocycles. The fourth-order valence-electron chi connectivity index (χ4n) is 2.93. The van der Waals surface area contributed by atoms with E-state index in [9.17, 15) is 4.79 Å². The minimum atomic E-state index is -0.104. The molecule has 2 aliphatic carbocycles. The van der Waals surface area contributed by atoms with Gasteiger partial charge in [0.05, 0.1) is 5.60 Å². The average Bonchev–Trinajstić information content (AvgIpc) is 2.10. The molecule has 0 aromatic carbocycles. The van der Waals surface area contributed by atoms with E-state index < -0.39 is 0 Å². The van der Waals surface area contributed by atoms with Crippen molar-refractivity contribution in [2.45, 2.75) is 38.7 Å². The van der Waals surface area contributed by atoms with Crippen molar-refractivity contribution in [2.75, 3.05) is 7.11 Å². The second kappa shape index (κ2) is 3.20. The van der Waals surface area contributed by atoms with Crippen LogP contribution in [0, 0.1) is 11.8 Å². The maximum absolute atomic E-state index is 11.5. The second-order valence-electron chi connectivity index (χ2n) is 4.86. The van der Waals surface area contributed by atoms with Gasteiger partial charge in [-0.25, -0.2) is 0 Å². The third-order valence-corrected chi connectivity index (χ3v) is 3.96. The van der Waals surface area contributed by atoms with Crippen LogP contribution in [0.3, 0.4) is 0 Å². The molecule has 78 valence electrons. The highest BCUT2D eigenvalue weighted by Crippen LogP contribution is 2.46. The normalized spacial score (nSPS) is 42.2. The number of carbonyl (C=O) groups is 1. The molecule has 0 saturated heterocycles. The highest BCUT2D eigenvalue weighted by Gasteiger charge is 2.48. The first-order chi connectivity index (χ1) is 6.56. The number of hydrogen-bond donors (Lipinski definition) is 0. The van der Waals surface area contributed by atoms with Gasteiger partial charge in [-0.3, -0.25) is 4.79 Å². The van der Waals surface area contributed by atoms with E-state index in [1.807, 2.05) is 0 Å². The van der Waals surface area contributed by atoms with Crippen LogP contribution in [0.2, 0.25) is 0 Å². The molecule has 2 aliphatic rings. The molecule has 0 amide bonds. The van der Waals surface area contributed by atoms with Gasteiger partial charge in [0.2, 0.25) is 0 Å². The number of hydrogen-bond acceptors (Lipinski definition) is 2. The summed E-state index contributed by atoms with van der Waals surface area (Å²) in [6, 6.07) is 0. The van der Waals surface area contributed by atoms with Crippen molar-refractivity contribution >= 4 is 5.78 Å². The maximum atomic E-state index is 11.5. The van der Waals surface area contributed by atoms with E-state index in [4.69, 9.17) is 4.74 Å². The van der Waals surface area contributed by atoms with E-state index >= 15 is 0 Å². The molecule has 3 unspecified atom stereocenters. The zero-order chi connectivity index (χ0) is 10.3. The van der Waals surface area contributed by atoms with Crippen LogP contribution in [-0.4, -0.2) is 18.5 Å². The van der Waals surface area contributed by atoms with Crippen molar-refractivity contribution in [3.8, 4) is 0 Å². The van der Waals surface area contributed by atoms with Crippen molar-refractivity contribution in [1.29, 1.82) is 0 Å². The molecule has 0 radical (unpaired) electrons. The van der Waals surface area contributed by atoms with Crippen molar-refractivity contribution in [3.63, 3.8) is 0 Å². The molecular formula is C12H18O2. The molecule has 14 heavy (non-hydrogen) atoms. The number of carbonyl (C=O) groups excluding carboxylic acids is 1. The summed E-state index contributed by atoms with van der Waals surface area (Å²) in [5.41, 5.74) is 1.31. The third-order valence-electron chi connectivity index (χ3n) is 3.96. The quantitative estimate of drug-likeness (QED) is 0.599. The van der Waals surface area contributed by atoms with Crippen LogP contribution < -0.4 is 0 Å². The first-order valence-corrected chi connectivity index (χ1v) is 5.30. The zero-order valence-electron chi connectivity index (χ0n) is 9.17. The van der Waals surface area contributed by atoms with E-state index in [0.29, 0.717) is 30.5 Å². The third kappa shape index (κ3) is 1.33. The summed E-state index contributed by atoms with van der Waals surface area (Å²) in [4.78, 5) is 11.5. The highest BCUT2D eigenvalue weighted by atomic mass is 16.5. The van der Waals surface area contributed by atoms with Crippen LogP contribution in [0.1, 0.15) is 33.1 Å². The second-order valence-corrected chi connectivity index (χ2v) is 4.86. The van der Waals surface area contributed by atoms with Crippen LogP contribution >= 0.6 is 0 Å². The van der Waals surface area contributed by atoms with Crippen LogP contribution in [0.4, 0.5) is 0 Å². The predicted molar refractivity (Wildman–Crippen MR) is 55.0 cm³/mol. The number of ether oxygens (including phenoxy) is 1. The van der Waals surface area contributed by atoms with Crippen molar-refractivity contribution in [2.24, 2.45) is 11.8 Å². The highest BCUT2D eigenvalue weighted by molar-refractivity contribution is 5.81. The molecule has 2 nitrogen and oxygen atoms in total. The minimum absolute atomic E-state index is 0.104. The van der Waals surface area contributed by atoms with Gasteiger partial charge >= 0.3 is 0 Å². The number of fused-ring (bicyclic) bond motifs is 2. The molecule has 0 aromatic heterocycles. The van der Waals surface area contributed by atoms with Gasteiger partial charge < -0.3 is 4.74 Å². The number of methoxy groups -OCH3 is 1. The van der Waals surface area contributed by atoms with Gasteiger partial charge in [0.25, 0.3) is 0 Å². The number of allylic oxidation sites excluding steroid dienone is 1. The average molecular weight is 194 g/mol. The summed E-state index contributed by atoms with van der Waals surface area (Å²) < 4.78 is 5.65. The molecule has 1 fully saturated rings. The standard InChI is InChI=1S/C12H18O2/c1-8-4-9-6-11(13)7-10(5-8)12(9,2)14-3/h4,9-10H,5-7H2,1-3H3. The Morgan fingerprint density at radius 2 is 2.14 bits per heavy atom. The van der Waals surface area contributed by atoms with Crippen molar-refractivity contribution in [3.05, 3.63) is 11.6 Å². The van der Waals surface area contributed by atoms with Crippen LogP contribution in [-0.2, 0) is 9.53 Å². The smallest absolute Gasteiger partial charge is 0.134 e. The van der Waals surface area contributed by atoms with E-state index in [2.05, 4.69) is 19.9 Å². The van der Waals surface area contributed by atoms with Gasteiger partial charge in [-0.15, -0.1) is 0 Å². The summed E-state index contributed by atoms with van der Waals surface area (Å²) in [5.74, 6) is 1.09. The van der Waals surface area contributed by atoms with Crippen LogP contribution in [0.15, 0.2) is 11.6 Å². The summed E-state index contributed by atoms with van der Waals surface area (Å²) in [5, 5.41) is 0. The Morgan fingerprint density at radius 3 is 2.71 bits per heavy atom. The van der Waals surface area contributed by atoms with Crippen LogP contribution in [0.5, 0.6) is 0 Å². The van der Waals surface area contributed by atoms with E-state index in [-0.39, 0.29) is 5.60 Å². The van der Waals surface area contributed by atoms with Crippen molar-refractivity contribution in [1.82, 2.24) is 0 Å². The Hall–Kier alpha value is -0.630. The van der Waals surface area contributed by atoms with Crippen LogP contribution in [0.25, 0.3) is 0 Å². The van der Waals surface area contributed by atoms with E-state index in [1.165, 1.54) is 5.57 Å². The summed E-state index contributed by atoms with van der Waals surface area (Å²) in [6.45, 7) is 4.31. The number of ketones is 1. The molecular weight excluding hydrogens is 176 g/mol. The Bertz CT molecular complexity index is 293. The molecule has 0 N–H and O–H groups in total. The first kappa shape index (κ1) is 9.91. The molecule has 3 atom stereocenters. The monoisotopic (exact) mass is 194 g/mol. The molecule has 2 rings (SSSR count). The molecule has 0 aromatic rings. The first-order valence-electron chi connectivity index (χ1n) is 5.30.